The summed E-state index contributed by atoms with van der Waals surface area (Å²) in [5, 5.41) is 0. The van der Waals surface area contributed by atoms with E-state index in [1.165, 1.54) is 0 Å². The fourth-order valence-corrected chi connectivity index (χ4v) is 2.56. The number of rotatable bonds is 6. The van der Waals surface area contributed by atoms with E-state index in [1.54, 1.807) is 0 Å². The van der Waals surface area contributed by atoms with Crippen LogP contribution in [0.1, 0.15) is 19.2 Å². The predicted octanol–water partition coefficient (Wildman–Crippen LogP) is -0.0947. The number of ether oxygens (including phenoxy) is 1. The van der Waals surface area contributed by atoms with Gasteiger partial charge in [-0.25, -0.2) is 4.98 Å². The number of aryl methyl sites for hydroxylation is 2. The summed E-state index contributed by atoms with van der Waals surface area (Å²) in [6.07, 6.45) is 5.80. The first-order chi connectivity index (χ1) is 9.24. The molecule has 1 saturated heterocycles. The summed E-state index contributed by atoms with van der Waals surface area (Å²) in [5.41, 5.74) is 2.91. The fourth-order valence-electron chi connectivity index (χ4n) is 2.56. The molecule has 6 nitrogen and oxygen atoms in total. The van der Waals surface area contributed by atoms with Crippen molar-refractivity contribution in [2.24, 2.45) is 12.9 Å². The van der Waals surface area contributed by atoms with Crippen LogP contribution in [0.5, 0.6) is 0 Å². The van der Waals surface area contributed by atoms with Crippen LogP contribution in [0.25, 0.3) is 0 Å². The molecule has 2 heterocycles. The van der Waals surface area contributed by atoms with Crippen molar-refractivity contribution in [3.8, 4) is 0 Å². The molecule has 2 atom stereocenters. The summed E-state index contributed by atoms with van der Waals surface area (Å²) in [7, 11) is 2.02. The molecule has 0 aromatic carbocycles. The fraction of sp³-hybridized carbons (Fsp3) is 0.769. The molecule has 1 aliphatic heterocycles. The Balaban J connectivity index is 1.87. The summed E-state index contributed by atoms with van der Waals surface area (Å²) in [6, 6.07) is 0.172. The molecule has 6 heteroatoms. The van der Waals surface area contributed by atoms with Crippen LogP contribution in [-0.4, -0.2) is 52.8 Å². The van der Waals surface area contributed by atoms with Gasteiger partial charge < -0.3 is 9.30 Å². The van der Waals surface area contributed by atoms with Gasteiger partial charge in [0.2, 0.25) is 0 Å². The van der Waals surface area contributed by atoms with Gasteiger partial charge in [-0.2, -0.15) is 0 Å². The largest absolute Gasteiger partial charge is 0.374 e. The normalized spacial score (nSPS) is 22.6. The molecule has 108 valence electrons. The van der Waals surface area contributed by atoms with Crippen molar-refractivity contribution in [2.45, 2.75) is 31.9 Å². The van der Waals surface area contributed by atoms with Crippen molar-refractivity contribution >= 4 is 0 Å². The van der Waals surface area contributed by atoms with Crippen LogP contribution < -0.4 is 11.3 Å². The molecule has 19 heavy (non-hydrogen) atoms. The highest BCUT2D eigenvalue weighted by molar-refractivity contribution is 4.93. The number of nitrogens with zero attached hydrogens (tertiary/aromatic N) is 3. The molecule has 2 unspecified atom stereocenters. The predicted molar refractivity (Wildman–Crippen MR) is 74.5 cm³/mol. The third kappa shape index (κ3) is 3.76. The second-order valence-corrected chi connectivity index (χ2v) is 5.07. The first kappa shape index (κ1) is 14.5. The zero-order valence-corrected chi connectivity index (χ0v) is 11.9. The van der Waals surface area contributed by atoms with Crippen LogP contribution in [0, 0.1) is 0 Å². The molecule has 0 spiro atoms. The molecular weight excluding hydrogens is 242 g/mol. The lowest BCUT2D eigenvalue weighted by Gasteiger charge is -2.36. The van der Waals surface area contributed by atoms with E-state index in [0.717, 1.165) is 44.9 Å². The topological polar surface area (TPSA) is 68.3 Å². The van der Waals surface area contributed by atoms with Crippen LogP contribution >= 0.6 is 0 Å². The minimum atomic E-state index is 0.166. The number of nitrogens with one attached hydrogen (secondary N) is 1. The molecule has 0 aliphatic carbocycles. The maximum atomic E-state index is 5.85. The summed E-state index contributed by atoms with van der Waals surface area (Å²) in [4.78, 5) is 6.74. The first-order valence-electron chi connectivity index (χ1n) is 7.01. The highest BCUT2D eigenvalue weighted by Crippen LogP contribution is 2.13. The maximum Gasteiger partial charge on any atom is 0.108 e. The van der Waals surface area contributed by atoms with Crippen LogP contribution in [-0.2, 0) is 18.2 Å². The van der Waals surface area contributed by atoms with E-state index in [4.69, 9.17) is 10.6 Å². The second-order valence-electron chi connectivity index (χ2n) is 5.07. The van der Waals surface area contributed by atoms with Gasteiger partial charge in [-0.15, -0.1) is 0 Å². The van der Waals surface area contributed by atoms with E-state index in [1.807, 2.05) is 24.0 Å². The minimum absolute atomic E-state index is 0.166. The Morgan fingerprint density at radius 1 is 1.63 bits per heavy atom. The van der Waals surface area contributed by atoms with Gasteiger partial charge in [-0.3, -0.25) is 16.2 Å². The van der Waals surface area contributed by atoms with E-state index in [9.17, 15) is 0 Å². The number of hydrazine groups is 1. The molecule has 0 amide bonds. The Labute approximate surface area is 114 Å². The lowest BCUT2D eigenvalue weighted by Crippen LogP contribution is -2.54. The van der Waals surface area contributed by atoms with Crippen LogP contribution in [0.4, 0.5) is 0 Å². The van der Waals surface area contributed by atoms with Gasteiger partial charge in [0.1, 0.15) is 5.82 Å². The number of hydrogen-bond donors (Lipinski definition) is 2. The van der Waals surface area contributed by atoms with E-state index >= 15 is 0 Å². The Bertz CT molecular complexity index is 381. The zero-order chi connectivity index (χ0) is 13.7. The Morgan fingerprint density at radius 2 is 2.47 bits per heavy atom. The number of morpholine rings is 1. The Kier molecular flexibility index (Phi) is 5.33. The highest BCUT2D eigenvalue weighted by atomic mass is 16.5. The van der Waals surface area contributed by atoms with Crippen molar-refractivity contribution in [1.29, 1.82) is 0 Å². The third-order valence-corrected chi connectivity index (χ3v) is 3.89. The second kappa shape index (κ2) is 7.00. The molecular formula is C13H25N5O. The number of nitrogens with two attached hydrogens (primary N) is 1. The molecule has 1 fully saturated rings. The van der Waals surface area contributed by atoms with Gasteiger partial charge >= 0.3 is 0 Å². The van der Waals surface area contributed by atoms with E-state index in [2.05, 4.69) is 22.2 Å². The SMILES string of the molecule is CCN1CCOC(C(CCc2nccn2C)NN)C1. The number of aromatic nitrogens is 2. The molecule has 0 radical (unpaired) electrons. The standard InChI is InChI=1S/C13H25N5O/c1-3-18-8-9-19-12(10-18)11(16-14)4-5-13-15-6-7-17(13)2/h6-7,11-12,16H,3-5,8-10,14H2,1-2H3. The smallest absolute Gasteiger partial charge is 0.108 e. The minimum Gasteiger partial charge on any atom is -0.374 e. The lowest BCUT2D eigenvalue weighted by atomic mass is 10.0. The van der Waals surface area contributed by atoms with E-state index < -0.39 is 0 Å². The summed E-state index contributed by atoms with van der Waals surface area (Å²) in [6.45, 7) is 6.01. The van der Waals surface area contributed by atoms with Crippen molar-refractivity contribution in [3.05, 3.63) is 18.2 Å². The molecule has 1 aliphatic rings. The summed E-state index contributed by atoms with van der Waals surface area (Å²) >= 11 is 0. The van der Waals surface area contributed by atoms with E-state index in [0.29, 0.717) is 0 Å². The molecule has 1 aromatic rings. The molecule has 0 saturated carbocycles. The zero-order valence-electron chi connectivity index (χ0n) is 11.9. The van der Waals surface area contributed by atoms with Gasteiger partial charge in [0.15, 0.2) is 0 Å². The summed E-state index contributed by atoms with van der Waals surface area (Å²) < 4.78 is 7.90. The highest BCUT2D eigenvalue weighted by Gasteiger charge is 2.26. The van der Waals surface area contributed by atoms with Crippen molar-refractivity contribution < 1.29 is 4.74 Å². The van der Waals surface area contributed by atoms with Crippen molar-refractivity contribution in [2.75, 3.05) is 26.2 Å². The Morgan fingerprint density at radius 3 is 3.11 bits per heavy atom. The van der Waals surface area contributed by atoms with Gasteiger partial charge in [-0.1, -0.05) is 6.92 Å². The first-order valence-corrected chi connectivity index (χ1v) is 7.01. The average molecular weight is 267 g/mol. The van der Waals surface area contributed by atoms with Gasteiger partial charge in [0, 0.05) is 45.0 Å². The molecule has 0 bridgehead atoms. The number of hydrogen-bond acceptors (Lipinski definition) is 5. The monoisotopic (exact) mass is 267 g/mol. The van der Waals surface area contributed by atoms with Gasteiger partial charge in [0.05, 0.1) is 12.7 Å². The molecule has 1 aromatic heterocycles. The van der Waals surface area contributed by atoms with Crippen LogP contribution in [0.3, 0.4) is 0 Å². The Hall–Kier alpha value is -0.950. The summed E-state index contributed by atoms with van der Waals surface area (Å²) in [5.74, 6) is 6.78. The molecule has 3 N–H and O–H groups in total. The van der Waals surface area contributed by atoms with Crippen LogP contribution in [0.2, 0.25) is 0 Å². The maximum absolute atomic E-state index is 5.85. The van der Waals surface area contributed by atoms with Gasteiger partial charge in [0.25, 0.3) is 0 Å². The quantitative estimate of drug-likeness (QED) is 0.557. The average Bonchev–Trinajstić information content (AvgIpc) is 2.85. The van der Waals surface area contributed by atoms with E-state index in [-0.39, 0.29) is 12.1 Å². The lowest BCUT2D eigenvalue weighted by molar-refractivity contribution is -0.0462. The van der Waals surface area contributed by atoms with Gasteiger partial charge in [-0.05, 0) is 13.0 Å². The number of imidazole rings is 1. The number of likely N-dealkylation sites (N-methyl/N-ethyl adjacent to an activating group) is 1. The molecule has 2 rings (SSSR count). The van der Waals surface area contributed by atoms with Crippen molar-refractivity contribution in [3.63, 3.8) is 0 Å². The van der Waals surface area contributed by atoms with Crippen LogP contribution in [0.15, 0.2) is 12.4 Å². The third-order valence-electron chi connectivity index (χ3n) is 3.89. The van der Waals surface area contributed by atoms with Crippen molar-refractivity contribution in [1.82, 2.24) is 19.9 Å².